The summed E-state index contributed by atoms with van der Waals surface area (Å²) in [5, 5.41) is 9.37. The highest BCUT2D eigenvalue weighted by Crippen LogP contribution is 2.17. The van der Waals surface area contributed by atoms with Crippen LogP contribution in [0.3, 0.4) is 0 Å². The predicted molar refractivity (Wildman–Crippen MR) is 73.6 cm³/mol. The van der Waals surface area contributed by atoms with Gasteiger partial charge in [0.05, 0.1) is 0 Å². The van der Waals surface area contributed by atoms with Crippen LogP contribution < -0.4 is 10.1 Å². The number of nitrogens with zero attached hydrogens (tertiary/aromatic N) is 1. The molecular weight excluding hydrogens is 280 g/mol. The third-order valence-electron chi connectivity index (χ3n) is 2.71. The Labute approximate surface area is 120 Å². The van der Waals surface area contributed by atoms with E-state index in [-0.39, 0.29) is 11.3 Å². The molecule has 0 unspecified atom stereocenters. The van der Waals surface area contributed by atoms with Gasteiger partial charge in [0.2, 0.25) is 0 Å². The lowest BCUT2D eigenvalue weighted by atomic mass is 10.2. The van der Waals surface area contributed by atoms with E-state index in [0.717, 1.165) is 18.5 Å². The zero-order valence-electron chi connectivity index (χ0n) is 11.4. The summed E-state index contributed by atoms with van der Waals surface area (Å²) < 4.78 is 28.5. The van der Waals surface area contributed by atoms with Gasteiger partial charge in [-0.15, -0.1) is 0 Å². The van der Waals surface area contributed by atoms with E-state index in [4.69, 9.17) is 0 Å². The summed E-state index contributed by atoms with van der Waals surface area (Å²) in [4.78, 5) is 12.0. The van der Waals surface area contributed by atoms with E-state index in [2.05, 4.69) is 20.3 Å². The molecule has 0 bridgehead atoms. The number of halogens is 2. The van der Waals surface area contributed by atoms with Crippen LogP contribution in [0, 0.1) is 0 Å². The van der Waals surface area contributed by atoms with Crippen LogP contribution in [0.25, 0.3) is 0 Å². The molecule has 1 amide bonds. The minimum atomic E-state index is -2.92. The SMILES string of the molecule is CCCc1cc(NC(=O)c2cccc(OC(F)F)c2)n[nH]1. The van der Waals surface area contributed by atoms with Gasteiger partial charge in [-0.2, -0.15) is 13.9 Å². The first-order valence-corrected chi connectivity index (χ1v) is 6.49. The van der Waals surface area contributed by atoms with Crippen LogP contribution in [-0.2, 0) is 6.42 Å². The van der Waals surface area contributed by atoms with Gasteiger partial charge in [-0.25, -0.2) is 0 Å². The van der Waals surface area contributed by atoms with Crippen LogP contribution in [0.2, 0.25) is 0 Å². The lowest BCUT2D eigenvalue weighted by Gasteiger charge is -2.06. The standard InChI is InChI=1S/C14H15F2N3O2/c1-2-4-10-8-12(19-18-10)17-13(20)9-5-3-6-11(7-9)21-14(15)16/h3,5-8,14H,2,4H2,1H3,(H2,17,18,19,20). The minimum Gasteiger partial charge on any atom is -0.435 e. The van der Waals surface area contributed by atoms with Gasteiger partial charge in [-0.3, -0.25) is 9.89 Å². The molecule has 2 aromatic rings. The van der Waals surface area contributed by atoms with Crippen molar-refractivity contribution in [1.29, 1.82) is 0 Å². The summed E-state index contributed by atoms with van der Waals surface area (Å²) in [7, 11) is 0. The summed E-state index contributed by atoms with van der Waals surface area (Å²) in [6.07, 6.45) is 1.79. The Hall–Kier alpha value is -2.44. The van der Waals surface area contributed by atoms with Crippen LogP contribution in [0.15, 0.2) is 30.3 Å². The Bertz CT molecular complexity index is 614. The maximum Gasteiger partial charge on any atom is 0.387 e. The summed E-state index contributed by atoms with van der Waals surface area (Å²) in [6.45, 7) is -0.889. The fourth-order valence-corrected chi connectivity index (χ4v) is 1.83. The van der Waals surface area contributed by atoms with E-state index in [0.29, 0.717) is 5.82 Å². The Kier molecular flexibility index (Phi) is 4.86. The number of hydrogen-bond donors (Lipinski definition) is 2. The van der Waals surface area contributed by atoms with Crippen LogP contribution in [-0.4, -0.2) is 22.7 Å². The van der Waals surface area contributed by atoms with Gasteiger partial charge >= 0.3 is 6.61 Å². The number of aromatic amines is 1. The second-order valence-corrected chi connectivity index (χ2v) is 4.39. The summed E-state index contributed by atoms with van der Waals surface area (Å²) in [5.41, 5.74) is 1.13. The Morgan fingerprint density at radius 3 is 2.95 bits per heavy atom. The summed E-state index contributed by atoms with van der Waals surface area (Å²) in [6, 6.07) is 7.33. The first-order valence-electron chi connectivity index (χ1n) is 6.49. The van der Waals surface area contributed by atoms with Crippen LogP contribution >= 0.6 is 0 Å². The molecule has 0 aliphatic heterocycles. The van der Waals surface area contributed by atoms with Gasteiger partial charge in [-0.1, -0.05) is 19.4 Å². The van der Waals surface area contributed by atoms with E-state index in [1.807, 2.05) is 6.92 Å². The van der Waals surface area contributed by atoms with E-state index in [1.165, 1.54) is 24.3 Å². The molecule has 0 radical (unpaired) electrons. The van der Waals surface area contributed by atoms with Gasteiger partial charge in [0.1, 0.15) is 5.75 Å². The van der Waals surface area contributed by atoms with E-state index < -0.39 is 12.5 Å². The fraction of sp³-hybridized carbons (Fsp3) is 0.286. The number of aryl methyl sites for hydroxylation is 1. The van der Waals surface area contributed by atoms with Gasteiger partial charge in [0.25, 0.3) is 5.91 Å². The quantitative estimate of drug-likeness (QED) is 0.860. The molecule has 0 aliphatic rings. The molecule has 7 heteroatoms. The van der Waals surface area contributed by atoms with Crippen LogP contribution in [0.5, 0.6) is 5.75 Å². The van der Waals surface area contributed by atoms with Crippen LogP contribution in [0.4, 0.5) is 14.6 Å². The van der Waals surface area contributed by atoms with Crippen molar-refractivity contribution in [3.05, 3.63) is 41.6 Å². The molecule has 21 heavy (non-hydrogen) atoms. The first-order chi connectivity index (χ1) is 10.1. The maximum absolute atomic E-state index is 12.1. The van der Waals surface area contributed by atoms with E-state index in [1.54, 1.807) is 6.07 Å². The van der Waals surface area contributed by atoms with E-state index in [9.17, 15) is 13.6 Å². The molecule has 0 saturated heterocycles. The molecular formula is C14H15F2N3O2. The number of anilines is 1. The number of carbonyl (C=O) groups excluding carboxylic acids is 1. The second-order valence-electron chi connectivity index (χ2n) is 4.39. The van der Waals surface area contributed by atoms with Crippen molar-refractivity contribution >= 4 is 11.7 Å². The molecule has 5 nitrogen and oxygen atoms in total. The monoisotopic (exact) mass is 295 g/mol. The largest absolute Gasteiger partial charge is 0.435 e. The number of aromatic nitrogens is 2. The molecule has 0 spiro atoms. The molecule has 2 rings (SSSR count). The number of carbonyl (C=O) groups is 1. The number of rotatable bonds is 6. The average molecular weight is 295 g/mol. The highest BCUT2D eigenvalue weighted by Gasteiger charge is 2.11. The number of alkyl halides is 2. The maximum atomic E-state index is 12.1. The van der Waals surface area contributed by atoms with Crippen molar-refractivity contribution in [3.8, 4) is 5.75 Å². The molecule has 112 valence electrons. The minimum absolute atomic E-state index is 0.0636. The Balaban J connectivity index is 2.05. The van der Waals surface area contributed by atoms with Crippen molar-refractivity contribution in [1.82, 2.24) is 10.2 Å². The average Bonchev–Trinajstić information content (AvgIpc) is 2.86. The topological polar surface area (TPSA) is 67.0 Å². The number of H-pyrrole nitrogens is 1. The molecule has 0 aliphatic carbocycles. The Morgan fingerprint density at radius 1 is 1.43 bits per heavy atom. The normalized spacial score (nSPS) is 10.7. The Morgan fingerprint density at radius 2 is 2.24 bits per heavy atom. The molecule has 1 aromatic heterocycles. The number of benzene rings is 1. The van der Waals surface area contributed by atoms with Gasteiger partial charge < -0.3 is 10.1 Å². The fourth-order valence-electron chi connectivity index (χ4n) is 1.83. The second kappa shape index (κ2) is 6.83. The predicted octanol–water partition coefficient (Wildman–Crippen LogP) is 3.22. The van der Waals surface area contributed by atoms with E-state index >= 15 is 0 Å². The van der Waals surface area contributed by atoms with Crippen molar-refractivity contribution in [2.24, 2.45) is 0 Å². The molecule has 0 fully saturated rings. The zero-order chi connectivity index (χ0) is 15.2. The lowest BCUT2D eigenvalue weighted by Crippen LogP contribution is -2.12. The van der Waals surface area contributed by atoms with Gasteiger partial charge in [0.15, 0.2) is 5.82 Å². The summed E-state index contributed by atoms with van der Waals surface area (Å²) >= 11 is 0. The molecule has 1 aromatic carbocycles. The number of ether oxygens (including phenoxy) is 1. The third-order valence-corrected chi connectivity index (χ3v) is 2.71. The number of nitrogens with one attached hydrogen (secondary N) is 2. The van der Waals surface area contributed by atoms with Crippen molar-refractivity contribution in [2.75, 3.05) is 5.32 Å². The van der Waals surface area contributed by atoms with Crippen molar-refractivity contribution in [3.63, 3.8) is 0 Å². The van der Waals surface area contributed by atoms with Crippen molar-refractivity contribution < 1.29 is 18.3 Å². The van der Waals surface area contributed by atoms with Crippen LogP contribution in [0.1, 0.15) is 29.4 Å². The first kappa shape index (κ1) is 15.0. The third kappa shape index (κ3) is 4.27. The smallest absolute Gasteiger partial charge is 0.387 e. The number of amides is 1. The zero-order valence-corrected chi connectivity index (χ0v) is 11.4. The highest BCUT2D eigenvalue weighted by molar-refractivity contribution is 6.04. The van der Waals surface area contributed by atoms with Gasteiger partial charge in [0, 0.05) is 17.3 Å². The number of hydrogen-bond acceptors (Lipinski definition) is 3. The van der Waals surface area contributed by atoms with Crippen molar-refractivity contribution in [2.45, 2.75) is 26.4 Å². The molecule has 2 N–H and O–H groups in total. The lowest BCUT2D eigenvalue weighted by molar-refractivity contribution is -0.0498. The molecule has 0 saturated carbocycles. The summed E-state index contributed by atoms with van der Waals surface area (Å²) in [5.74, 6) is -0.112. The molecule has 1 heterocycles. The highest BCUT2D eigenvalue weighted by atomic mass is 19.3. The van der Waals surface area contributed by atoms with Gasteiger partial charge in [-0.05, 0) is 24.6 Å². The molecule has 0 atom stereocenters.